The Labute approximate surface area is 184 Å². The number of carbonyl (C=O) groups excluding carboxylic acids is 2. The molecule has 1 aromatic heterocycles. The quantitative estimate of drug-likeness (QED) is 0.325. The standard InChI is InChI=1S/C23H23N3O6/c1-15-11-19(16(2)25(15)13-17-7-5-4-6-8-17)23(28)32-14-22(27)24-20-10-9-18(31-3)12-21(20)26(29)30/h4-12H,13-14H2,1-3H3,(H,24,27). The molecule has 1 heterocycles. The second-order valence-electron chi connectivity index (χ2n) is 7.12. The smallest absolute Gasteiger partial charge is 0.340 e. The molecule has 166 valence electrons. The second kappa shape index (κ2) is 9.78. The molecule has 0 saturated heterocycles. The van der Waals surface area contributed by atoms with E-state index in [1.807, 2.05) is 48.7 Å². The summed E-state index contributed by atoms with van der Waals surface area (Å²) < 4.78 is 12.1. The fourth-order valence-electron chi connectivity index (χ4n) is 3.31. The Balaban J connectivity index is 1.66. The van der Waals surface area contributed by atoms with Gasteiger partial charge in [-0.2, -0.15) is 0 Å². The SMILES string of the molecule is COc1ccc(NC(=O)COC(=O)c2cc(C)n(Cc3ccccc3)c2C)c([N+](=O)[O-])c1. The van der Waals surface area contributed by atoms with Crippen molar-refractivity contribution in [3.05, 3.63) is 87.2 Å². The summed E-state index contributed by atoms with van der Waals surface area (Å²) in [7, 11) is 1.38. The predicted octanol–water partition coefficient (Wildman–Crippen LogP) is 3.87. The number of nitrogens with one attached hydrogen (secondary N) is 1. The van der Waals surface area contributed by atoms with E-state index in [4.69, 9.17) is 9.47 Å². The maximum atomic E-state index is 12.6. The van der Waals surface area contributed by atoms with Crippen LogP contribution >= 0.6 is 0 Å². The number of carbonyl (C=O) groups is 2. The van der Waals surface area contributed by atoms with Crippen LogP contribution < -0.4 is 10.1 Å². The van der Waals surface area contributed by atoms with Gasteiger partial charge in [-0.25, -0.2) is 4.79 Å². The van der Waals surface area contributed by atoms with Gasteiger partial charge in [-0.05, 0) is 37.6 Å². The van der Waals surface area contributed by atoms with E-state index in [2.05, 4.69) is 5.32 Å². The van der Waals surface area contributed by atoms with Crippen molar-refractivity contribution in [2.75, 3.05) is 19.0 Å². The van der Waals surface area contributed by atoms with Gasteiger partial charge in [-0.3, -0.25) is 14.9 Å². The van der Waals surface area contributed by atoms with Crippen LogP contribution in [0.4, 0.5) is 11.4 Å². The summed E-state index contributed by atoms with van der Waals surface area (Å²) in [5.74, 6) is -1.05. The minimum Gasteiger partial charge on any atom is -0.496 e. The molecule has 1 N–H and O–H groups in total. The van der Waals surface area contributed by atoms with E-state index in [0.717, 1.165) is 17.0 Å². The van der Waals surface area contributed by atoms with Crippen molar-refractivity contribution < 1.29 is 24.0 Å². The number of nitro benzene ring substituents is 1. The third kappa shape index (κ3) is 5.12. The lowest BCUT2D eigenvalue weighted by molar-refractivity contribution is -0.384. The molecule has 0 atom stereocenters. The topological polar surface area (TPSA) is 113 Å². The number of aromatic nitrogens is 1. The number of hydrogen-bond acceptors (Lipinski definition) is 6. The number of methoxy groups -OCH3 is 1. The maximum absolute atomic E-state index is 12.6. The molecular formula is C23H23N3O6. The molecular weight excluding hydrogens is 414 g/mol. The molecule has 0 spiro atoms. The normalized spacial score (nSPS) is 10.5. The third-order valence-corrected chi connectivity index (χ3v) is 4.99. The zero-order chi connectivity index (χ0) is 23.3. The minimum absolute atomic E-state index is 0.0158. The summed E-state index contributed by atoms with van der Waals surface area (Å²) in [6, 6.07) is 15.6. The molecule has 0 aliphatic heterocycles. The van der Waals surface area contributed by atoms with Gasteiger partial charge in [0.05, 0.1) is 23.7 Å². The van der Waals surface area contributed by atoms with Crippen molar-refractivity contribution in [1.82, 2.24) is 4.57 Å². The fourth-order valence-corrected chi connectivity index (χ4v) is 3.31. The largest absolute Gasteiger partial charge is 0.496 e. The van der Waals surface area contributed by atoms with Gasteiger partial charge < -0.3 is 19.4 Å². The van der Waals surface area contributed by atoms with E-state index >= 15 is 0 Å². The monoisotopic (exact) mass is 437 g/mol. The minimum atomic E-state index is -0.690. The molecule has 0 aliphatic carbocycles. The van der Waals surface area contributed by atoms with Crippen LogP contribution in [0.25, 0.3) is 0 Å². The van der Waals surface area contributed by atoms with Crippen molar-refractivity contribution >= 4 is 23.3 Å². The molecule has 0 aliphatic rings. The van der Waals surface area contributed by atoms with Crippen molar-refractivity contribution in [2.24, 2.45) is 0 Å². The van der Waals surface area contributed by atoms with Crippen LogP contribution in [-0.2, 0) is 16.1 Å². The molecule has 0 radical (unpaired) electrons. The molecule has 0 unspecified atom stereocenters. The van der Waals surface area contributed by atoms with Gasteiger partial charge in [0.2, 0.25) is 0 Å². The van der Waals surface area contributed by atoms with Gasteiger partial charge >= 0.3 is 5.97 Å². The number of benzene rings is 2. The summed E-state index contributed by atoms with van der Waals surface area (Å²) >= 11 is 0. The number of rotatable bonds is 8. The molecule has 9 nitrogen and oxygen atoms in total. The molecule has 3 rings (SSSR count). The van der Waals surface area contributed by atoms with Gasteiger partial charge in [-0.15, -0.1) is 0 Å². The first-order valence-corrected chi connectivity index (χ1v) is 9.80. The first-order valence-electron chi connectivity index (χ1n) is 9.80. The van der Waals surface area contributed by atoms with Gasteiger partial charge in [-0.1, -0.05) is 30.3 Å². The Morgan fingerprint density at radius 1 is 1.09 bits per heavy atom. The number of ether oxygens (including phenoxy) is 2. The number of aryl methyl sites for hydroxylation is 1. The maximum Gasteiger partial charge on any atom is 0.340 e. The average Bonchev–Trinajstić information content (AvgIpc) is 3.06. The summed E-state index contributed by atoms with van der Waals surface area (Å²) in [4.78, 5) is 35.4. The Morgan fingerprint density at radius 2 is 1.81 bits per heavy atom. The van der Waals surface area contributed by atoms with Crippen molar-refractivity contribution in [3.8, 4) is 5.75 Å². The molecule has 32 heavy (non-hydrogen) atoms. The number of nitro groups is 1. The van der Waals surface area contributed by atoms with Gasteiger partial charge in [0, 0.05) is 17.9 Å². The predicted molar refractivity (Wildman–Crippen MR) is 118 cm³/mol. The Morgan fingerprint density at radius 3 is 2.47 bits per heavy atom. The molecule has 2 aromatic carbocycles. The van der Waals surface area contributed by atoms with E-state index in [0.29, 0.717) is 12.1 Å². The lowest BCUT2D eigenvalue weighted by Crippen LogP contribution is -2.21. The van der Waals surface area contributed by atoms with Gasteiger partial charge in [0.15, 0.2) is 6.61 Å². The average molecular weight is 437 g/mol. The number of nitrogens with zero attached hydrogens (tertiary/aromatic N) is 2. The van der Waals surface area contributed by atoms with Crippen molar-refractivity contribution in [1.29, 1.82) is 0 Å². The Kier molecular flexibility index (Phi) is 6.89. The van der Waals surface area contributed by atoms with Crippen molar-refractivity contribution in [3.63, 3.8) is 0 Å². The first kappa shape index (κ1) is 22.5. The van der Waals surface area contributed by atoms with E-state index < -0.39 is 23.4 Å². The van der Waals surface area contributed by atoms with Crippen LogP contribution in [0.3, 0.4) is 0 Å². The highest BCUT2D eigenvalue weighted by molar-refractivity contribution is 5.97. The van der Waals surface area contributed by atoms with Crippen LogP contribution in [0, 0.1) is 24.0 Å². The Hall–Kier alpha value is -4.14. The lowest BCUT2D eigenvalue weighted by atomic mass is 10.2. The Bertz CT molecular complexity index is 1150. The number of hydrogen-bond donors (Lipinski definition) is 1. The molecule has 0 fully saturated rings. The van der Waals surface area contributed by atoms with Crippen LogP contribution in [0.15, 0.2) is 54.6 Å². The van der Waals surface area contributed by atoms with E-state index in [-0.39, 0.29) is 17.1 Å². The van der Waals surface area contributed by atoms with E-state index in [9.17, 15) is 19.7 Å². The summed E-state index contributed by atoms with van der Waals surface area (Å²) in [6.45, 7) is 3.73. The van der Waals surface area contributed by atoms with Crippen LogP contribution in [0.1, 0.15) is 27.3 Å². The molecule has 3 aromatic rings. The molecule has 1 amide bonds. The van der Waals surface area contributed by atoms with Crippen molar-refractivity contribution in [2.45, 2.75) is 20.4 Å². The van der Waals surface area contributed by atoms with E-state index in [1.165, 1.54) is 25.3 Å². The van der Waals surface area contributed by atoms with Crippen LogP contribution in [-0.4, -0.2) is 35.1 Å². The summed E-state index contributed by atoms with van der Waals surface area (Å²) in [6.07, 6.45) is 0. The highest BCUT2D eigenvalue weighted by Crippen LogP contribution is 2.29. The summed E-state index contributed by atoms with van der Waals surface area (Å²) in [5.41, 5.74) is 2.72. The second-order valence-corrected chi connectivity index (χ2v) is 7.12. The van der Waals surface area contributed by atoms with Crippen LogP contribution in [0.5, 0.6) is 5.75 Å². The lowest BCUT2D eigenvalue weighted by Gasteiger charge is -2.10. The number of esters is 1. The molecule has 0 bridgehead atoms. The van der Waals surface area contributed by atoms with Crippen LogP contribution in [0.2, 0.25) is 0 Å². The third-order valence-electron chi connectivity index (χ3n) is 4.99. The highest BCUT2D eigenvalue weighted by atomic mass is 16.6. The highest BCUT2D eigenvalue weighted by Gasteiger charge is 2.20. The zero-order valence-corrected chi connectivity index (χ0v) is 18.0. The number of amides is 1. The first-order chi connectivity index (χ1) is 15.3. The van der Waals surface area contributed by atoms with Gasteiger partial charge in [0.1, 0.15) is 11.4 Å². The molecule has 0 saturated carbocycles. The number of anilines is 1. The summed E-state index contributed by atoms with van der Waals surface area (Å²) in [5, 5.41) is 13.6. The molecule has 9 heteroatoms. The van der Waals surface area contributed by atoms with E-state index in [1.54, 1.807) is 6.07 Å². The fraction of sp³-hybridized carbons (Fsp3) is 0.217. The van der Waals surface area contributed by atoms with Gasteiger partial charge in [0.25, 0.3) is 11.6 Å². The zero-order valence-electron chi connectivity index (χ0n) is 18.0.